The van der Waals surface area contributed by atoms with Crippen LogP contribution in [0.1, 0.15) is 45.9 Å². The molecule has 0 fully saturated rings. The maximum atomic E-state index is 12.5. The van der Waals surface area contributed by atoms with E-state index in [0.29, 0.717) is 11.1 Å². The van der Waals surface area contributed by atoms with Crippen LogP contribution in [0.3, 0.4) is 0 Å². The average molecular weight is 325 g/mol. The van der Waals surface area contributed by atoms with Gasteiger partial charge in [0.15, 0.2) is 0 Å². The third-order valence-corrected chi connectivity index (χ3v) is 4.45. The highest BCUT2D eigenvalue weighted by Crippen LogP contribution is 2.31. The van der Waals surface area contributed by atoms with Crippen molar-refractivity contribution in [1.29, 1.82) is 0 Å². The summed E-state index contributed by atoms with van der Waals surface area (Å²) in [6.07, 6.45) is 2.76. The fourth-order valence-electron chi connectivity index (χ4n) is 3.17. The monoisotopic (exact) mass is 325 g/mol. The Morgan fingerprint density at radius 1 is 1.29 bits per heavy atom. The van der Waals surface area contributed by atoms with E-state index in [2.05, 4.69) is 5.32 Å². The van der Waals surface area contributed by atoms with E-state index in [0.717, 1.165) is 36.1 Å². The van der Waals surface area contributed by atoms with Gasteiger partial charge in [-0.25, -0.2) is 0 Å². The molecule has 2 aromatic carbocycles. The van der Waals surface area contributed by atoms with Gasteiger partial charge in [-0.2, -0.15) is 0 Å². The minimum absolute atomic E-state index is 0.0422. The molecule has 0 saturated carbocycles. The van der Waals surface area contributed by atoms with Crippen LogP contribution in [0, 0.1) is 17.0 Å². The molecule has 0 bridgehead atoms. The highest BCUT2D eigenvalue weighted by molar-refractivity contribution is 5.95. The number of benzene rings is 2. The van der Waals surface area contributed by atoms with Gasteiger partial charge in [0.2, 0.25) is 0 Å². The Morgan fingerprint density at radius 2 is 2.08 bits per heavy atom. The Kier molecular flexibility index (Phi) is 4.20. The zero-order chi connectivity index (χ0) is 17.3. The predicted molar refractivity (Wildman–Crippen MR) is 91.8 cm³/mol. The molecule has 3 N–H and O–H groups in total. The highest BCUT2D eigenvalue weighted by atomic mass is 16.6. The van der Waals surface area contributed by atoms with E-state index in [1.54, 1.807) is 19.1 Å². The van der Waals surface area contributed by atoms with E-state index in [9.17, 15) is 14.9 Å². The summed E-state index contributed by atoms with van der Waals surface area (Å²) in [5.74, 6) is -0.298. The maximum Gasteiger partial charge on any atom is 0.273 e. The lowest BCUT2D eigenvalue weighted by molar-refractivity contribution is -0.385. The van der Waals surface area contributed by atoms with Gasteiger partial charge >= 0.3 is 0 Å². The summed E-state index contributed by atoms with van der Waals surface area (Å²) in [6.45, 7) is 1.65. The first kappa shape index (κ1) is 16.0. The summed E-state index contributed by atoms with van der Waals surface area (Å²) in [4.78, 5) is 23.1. The van der Waals surface area contributed by atoms with E-state index in [1.807, 2.05) is 18.2 Å². The van der Waals surface area contributed by atoms with Crippen LogP contribution in [0.5, 0.6) is 0 Å². The van der Waals surface area contributed by atoms with Crippen molar-refractivity contribution in [2.75, 3.05) is 5.73 Å². The normalized spacial score (nSPS) is 16.3. The average Bonchev–Trinajstić information content (AvgIpc) is 2.54. The van der Waals surface area contributed by atoms with E-state index in [-0.39, 0.29) is 17.6 Å². The lowest BCUT2D eigenvalue weighted by Gasteiger charge is -2.26. The van der Waals surface area contributed by atoms with Crippen LogP contribution in [0.15, 0.2) is 36.4 Å². The number of hydrogen-bond acceptors (Lipinski definition) is 4. The van der Waals surface area contributed by atoms with Crippen LogP contribution < -0.4 is 11.1 Å². The lowest BCUT2D eigenvalue weighted by atomic mass is 9.87. The molecule has 1 aliphatic rings. The third-order valence-electron chi connectivity index (χ3n) is 4.45. The lowest BCUT2D eigenvalue weighted by Crippen LogP contribution is -2.31. The molecule has 0 radical (unpaired) electrons. The number of amides is 1. The van der Waals surface area contributed by atoms with Crippen LogP contribution in [0.25, 0.3) is 0 Å². The number of nitrogens with one attached hydrogen (secondary N) is 1. The number of nitro benzene ring substituents is 1. The van der Waals surface area contributed by atoms with Crippen molar-refractivity contribution < 1.29 is 9.72 Å². The second-order valence-corrected chi connectivity index (χ2v) is 6.13. The molecule has 0 aliphatic heterocycles. The molecule has 6 heteroatoms. The molecule has 124 valence electrons. The topological polar surface area (TPSA) is 98.3 Å². The number of nitrogens with two attached hydrogens (primary N) is 1. The van der Waals surface area contributed by atoms with Crippen LogP contribution in [0.4, 0.5) is 11.4 Å². The summed E-state index contributed by atoms with van der Waals surface area (Å²) >= 11 is 0. The summed E-state index contributed by atoms with van der Waals surface area (Å²) in [7, 11) is 0. The van der Waals surface area contributed by atoms with Crippen molar-refractivity contribution in [1.82, 2.24) is 5.32 Å². The summed E-state index contributed by atoms with van der Waals surface area (Å²) in [6, 6.07) is 10.2. The molecule has 0 aromatic heterocycles. The number of nitrogens with zero attached hydrogens (tertiary/aromatic N) is 1. The molecule has 0 spiro atoms. The molecule has 2 aromatic rings. The number of nitro groups is 1. The molecule has 0 heterocycles. The van der Waals surface area contributed by atoms with Gasteiger partial charge in [0.25, 0.3) is 11.6 Å². The van der Waals surface area contributed by atoms with Gasteiger partial charge in [0, 0.05) is 22.9 Å². The second kappa shape index (κ2) is 6.31. The van der Waals surface area contributed by atoms with E-state index in [4.69, 9.17) is 5.73 Å². The van der Waals surface area contributed by atoms with E-state index in [1.165, 1.54) is 6.07 Å². The van der Waals surface area contributed by atoms with Crippen molar-refractivity contribution in [2.45, 2.75) is 32.2 Å². The van der Waals surface area contributed by atoms with Crippen molar-refractivity contribution in [3.05, 3.63) is 68.8 Å². The maximum absolute atomic E-state index is 12.5. The Hall–Kier alpha value is -2.89. The summed E-state index contributed by atoms with van der Waals surface area (Å²) in [5.41, 5.74) is 9.57. The number of nitrogen functional groups attached to an aromatic ring is 1. The van der Waals surface area contributed by atoms with Crippen LogP contribution in [0.2, 0.25) is 0 Å². The first-order valence-corrected chi connectivity index (χ1v) is 7.90. The number of carbonyl (C=O) groups excluding carboxylic acids is 1. The zero-order valence-corrected chi connectivity index (χ0v) is 13.4. The SMILES string of the molecule is Cc1ccc(C(=O)NC2CCCc3cc(N)ccc32)cc1[N+](=O)[O-]. The molecule has 1 amide bonds. The highest BCUT2D eigenvalue weighted by Gasteiger charge is 2.23. The number of aryl methyl sites for hydroxylation is 2. The van der Waals surface area contributed by atoms with Crippen LogP contribution in [-0.4, -0.2) is 10.8 Å². The third kappa shape index (κ3) is 3.08. The molecular formula is C18H19N3O3. The van der Waals surface area contributed by atoms with Crippen molar-refractivity contribution in [3.63, 3.8) is 0 Å². The largest absolute Gasteiger partial charge is 0.399 e. The molecule has 6 nitrogen and oxygen atoms in total. The smallest absolute Gasteiger partial charge is 0.273 e. The first-order valence-electron chi connectivity index (χ1n) is 7.90. The van der Waals surface area contributed by atoms with E-state index >= 15 is 0 Å². The minimum atomic E-state index is -0.467. The van der Waals surface area contributed by atoms with Gasteiger partial charge in [-0.1, -0.05) is 12.1 Å². The van der Waals surface area contributed by atoms with Gasteiger partial charge in [-0.05, 0) is 55.5 Å². The number of rotatable bonds is 3. The molecule has 1 unspecified atom stereocenters. The quantitative estimate of drug-likeness (QED) is 0.514. The first-order chi connectivity index (χ1) is 11.5. The Morgan fingerprint density at radius 3 is 2.83 bits per heavy atom. The number of anilines is 1. The van der Waals surface area contributed by atoms with Gasteiger partial charge < -0.3 is 11.1 Å². The van der Waals surface area contributed by atoms with Crippen LogP contribution >= 0.6 is 0 Å². The summed E-state index contributed by atoms with van der Waals surface area (Å²) < 4.78 is 0. The van der Waals surface area contributed by atoms with Crippen molar-refractivity contribution in [2.24, 2.45) is 0 Å². The summed E-state index contributed by atoms with van der Waals surface area (Å²) in [5, 5.41) is 14.0. The fraction of sp³-hybridized carbons (Fsp3) is 0.278. The van der Waals surface area contributed by atoms with E-state index < -0.39 is 4.92 Å². The van der Waals surface area contributed by atoms with Gasteiger partial charge in [0.05, 0.1) is 11.0 Å². The number of fused-ring (bicyclic) bond motifs is 1. The van der Waals surface area contributed by atoms with Crippen molar-refractivity contribution >= 4 is 17.3 Å². The molecule has 3 rings (SSSR count). The molecular weight excluding hydrogens is 306 g/mol. The number of hydrogen-bond donors (Lipinski definition) is 2. The van der Waals surface area contributed by atoms with Gasteiger partial charge in [-0.3, -0.25) is 14.9 Å². The number of carbonyl (C=O) groups is 1. The molecule has 1 atom stereocenters. The Labute approximate surface area is 139 Å². The zero-order valence-electron chi connectivity index (χ0n) is 13.4. The Balaban J connectivity index is 1.84. The van der Waals surface area contributed by atoms with Crippen LogP contribution in [-0.2, 0) is 6.42 Å². The minimum Gasteiger partial charge on any atom is -0.399 e. The Bertz CT molecular complexity index is 817. The molecule has 1 aliphatic carbocycles. The predicted octanol–water partition coefficient (Wildman–Crippen LogP) is 3.29. The fourth-order valence-corrected chi connectivity index (χ4v) is 3.17. The molecule has 0 saturated heterocycles. The van der Waals surface area contributed by atoms with Crippen molar-refractivity contribution in [3.8, 4) is 0 Å². The standard InChI is InChI=1S/C18H19N3O3/c1-11-5-6-13(10-17(11)21(23)24)18(22)20-16-4-2-3-12-9-14(19)7-8-15(12)16/h5-10,16H,2-4,19H2,1H3,(H,20,22). The molecule has 24 heavy (non-hydrogen) atoms. The second-order valence-electron chi connectivity index (χ2n) is 6.13. The van der Waals surface area contributed by atoms with Gasteiger partial charge in [-0.15, -0.1) is 0 Å². The van der Waals surface area contributed by atoms with Gasteiger partial charge in [0.1, 0.15) is 0 Å².